The molecule has 0 spiro atoms. The summed E-state index contributed by atoms with van der Waals surface area (Å²) in [6, 6.07) is 0. The van der Waals surface area contributed by atoms with E-state index in [9.17, 15) is 0 Å². The van der Waals surface area contributed by atoms with Gasteiger partial charge in [-0.1, -0.05) is 27.7 Å². The molecule has 1 unspecified atom stereocenters. The summed E-state index contributed by atoms with van der Waals surface area (Å²) in [4.78, 5) is 0. The summed E-state index contributed by atoms with van der Waals surface area (Å²) >= 11 is 0. The van der Waals surface area contributed by atoms with Crippen LogP contribution < -0.4 is 0 Å². The Hall–Kier alpha value is -0.0800. The van der Waals surface area contributed by atoms with Crippen LogP contribution in [0.25, 0.3) is 0 Å². The van der Waals surface area contributed by atoms with Crippen molar-refractivity contribution in [3.63, 3.8) is 0 Å². The van der Waals surface area contributed by atoms with Gasteiger partial charge in [0.25, 0.3) is 0 Å². The Kier molecular flexibility index (Phi) is 4.07. The predicted molar refractivity (Wildman–Crippen MR) is 67.7 cm³/mol. The molecule has 1 rings (SSSR count). The van der Waals surface area contributed by atoms with E-state index in [0.29, 0.717) is 6.10 Å². The van der Waals surface area contributed by atoms with Crippen LogP contribution in [0.4, 0.5) is 0 Å². The molecule has 2 nitrogen and oxygen atoms in total. The molecule has 0 aliphatic carbocycles. The highest BCUT2D eigenvalue weighted by Gasteiger charge is 2.41. The lowest BCUT2D eigenvalue weighted by Gasteiger charge is -2.27. The molecule has 16 heavy (non-hydrogen) atoms. The minimum atomic E-state index is -0.0752. The van der Waals surface area contributed by atoms with Gasteiger partial charge in [-0.2, -0.15) is 0 Å². The van der Waals surface area contributed by atoms with Crippen molar-refractivity contribution in [2.75, 3.05) is 0 Å². The summed E-state index contributed by atoms with van der Waals surface area (Å²) in [7, 11) is 0. The lowest BCUT2D eigenvalue weighted by atomic mass is 9.87. The molecular weight excluding hydrogens is 200 g/mol. The number of ether oxygens (including phenoxy) is 2. The van der Waals surface area contributed by atoms with Gasteiger partial charge >= 0.3 is 0 Å². The molecule has 96 valence electrons. The van der Waals surface area contributed by atoms with Gasteiger partial charge in [-0.05, 0) is 32.6 Å². The highest BCUT2D eigenvalue weighted by Crippen LogP contribution is 2.37. The van der Waals surface area contributed by atoms with E-state index >= 15 is 0 Å². The molecule has 0 bridgehead atoms. The van der Waals surface area contributed by atoms with Crippen LogP contribution in [0.3, 0.4) is 0 Å². The lowest BCUT2D eigenvalue weighted by molar-refractivity contribution is -0.0947. The minimum absolute atomic E-state index is 0.0752. The first-order chi connectivity index (χ1) is 7.13. The van der Waals surface area contributed by atoms with Crippen molar-refractivity contribution in [3.05, 3.63) is 0 Å². The quantitative estimate of drug-likeness (QED) is 0.716. The first-order valence-corrected chi connectivity index (χ1v) is 6.47. The normalized spacial score (nSPS) is 32.1. The molecule has 1 fully saturated rings. The second-order valence-electron chi connectivity index (χ2n) is 6.94. The maximum atomic E-state index is 6.11. The fourth-order valence-electron chi connectivity index (χ4n) is 2.21. The van der Waals surface area contributed by atoms with Crippen molar-refractivity contribution >= 4 is 0 Å². The van der Waals surface area contributed by atoms with Crippen molar-refractivity contribution in [1.82, 2.24) is 0 Å². The Balaban J connectivity index is 2.65. The Morgan fingerprint density at radius 1 is 1.12 bits per heavy atom. The molecule has 0 radical (unpaired) electrons. The molecule has 1 heterocycles. The van der Waals surface area contributed by atoms with Gasteiger partial charge in [0.05, 0.1) is 23.9 Å². The Bertz CT molecular complexity index is 222. The maximum absolute atomic E-state index is 6.11. The summed E-state index contributed by atoms with van der Waals surface area (Å²) in [6.07, 6.45) is 2.91. The van der Waals surface area contributed by atoms with Crippen molar-refractivity contribution < 1.29 is 9.47 Å². The average molecular weight is 228 g/mol. The molecule has 0 aromatic heterocycles. The molecule has 1 aliphatic rings. The molecule has 0 aromatic rings. The van der Waals surface area contributed by atoms with Crippen LogP contribution in [0.2, 0.25) is 0 Å². The average Bonchev–Trinajstić information content (AvgIpc) is 2.43. The second-order valence-corrected chi connectivity index (χ2v) is 6.94. The molecule has 3 atom stereocenters. The summed E-state index contributed by atoms with van der Waals surface area (Å²) in [6.45, 7) is 15.2. The fraction of sp³-hybridized carbons (Fsp3) is 1.00. The Morgan fingerprint density at radius 2 is 1.69 bits per heavy atom. The Labute approximate surface area is 101 Å². The zero-order valence-electron chi connectivity index (χ0n) is 12.0. The molecule has 0 amide bonds. The van der Waals surface area contributed by atoms with E-state index < -0.39 is 0 Å². The van der Waals surface area contributed by atoms with E-state index in [1.807, 2.05) is 0 Å². The summed E-state index contributed by atoms with van der Waals surface area (Å²) < 4.78 is 12.2. The highest BCUT2D eigenvalue weighted by molar-refractivity contribution is 4.89. The Morgan fingerprint density at radius 3 is 2.06 bits per heavy atom. The SMILES string of the molecule is CC[C@H]1O[C@@H](C(C)(C)C)CC1OC(C)(C)C. The molecule has 0 saturated carbocycles. The van der Waals surface area contributed by atoms with E-state index in [-0.39, 0.29) is 23.2 Å². The summed E-state index contributed by atoms with van der Waals surface area (Å²) in [5.41, 5.74) is 0.137. The number of rotatable bonds is 2. The van der Waals surface area contributed by atoms with Crippen LogP contribution in [0.1, 0.15) is 61.3 Å². The zero-order valence-corrected chi connectivity index (χ0v) is 12.0. The second kappa shape index (κ2) is 4.66. The molecule has 0 N–H and O–H groups in total. The lowest BCUT2D eigenvalue weighted by Crippen LogP contribution is -2.32. The van der Waals surface area contributed by atoms with E-state index in [1.54, 1.807) is 0 Å². The summed E-state index contributed by atoms with van der Waals surface area (Å²) in [5.74, 6) is 0. The molecular formula is C14H28O2. The van der Waals surface area contributed by atoms with Crippen LogP contribution >= 0.6 is 0 Å². The van der Waals surface area contributed by atoms with E-state index in [4.69, 9.17) is 9.47 Å². The summed E-state index contributed by atoms with van der Waals surface area (Å²) in [5, 5.41) is 0. The third kappa shape index (κ3) is 3.74. The molecule has 2 heteroatoms. The van der Waals surface area contributed by atoms with Gasteiger partial charge in [-0.15, -0.1) is 0 Å². The first-order valence-electron chi connectivity index (χ1n) is 6.47. The molecule has 1 saturated heterocycles. The maximum Gasteiger partial charge on any atom is 0.0868 e. The molecule has 1 aliphatic heterocycles. The highest BCUT2D eigenvalue weighted by atomic mass is 16.6. The van der Waals surface area contributed by atoms with Gasteiger partial charge in [-0.25, -0.2) is 0 Å². The van der Waals surface area contributed by atoms with Crippen molar-refractivity contribution in [2.24, 2.45) is 5.41 Å². The van der Waals surface area contributed by atoms with Crippen LogP contribution in [0, 0.1) is 5.41 Å². The van der Waals surface area contributed by atoms with Gasteiger partial charge < -0.3 is 9.47 Å². The number of hydrogen-bond donors (Lipinski definition) is 0. The van der Waals surface area contributed by atoms with Crippen LogP contribution in [0.15, 0.2) is 0 Å². The third-order valence-electron chi connectivity index (χ3n) is 3.07. The first kappa shape index (κ1) is 14.0. The topological polar surface area (TPSA) is 18.5 Å². The van der Waals surface area contributed by atoms with Crippen LogP contribution in [-0.2, 0) is 9.47 Å². The van der Waals surface area contributed by atoms with Gasteiger partial charge in [0.1, 0.15) is 0 Å². The van der Waals surface area contributed by atoms with Crippen LogP contribution in [-0.4, -0.2) is 23.9 Å². The van der Waals surface area contributed by atoms with Gasteiger partial charge in [0, 0.05) is 6.42 Å². The fourth-order valence-corrected chi connectivity index (χ4v) is 2.21. The van der Waals surface area contributed by atoms with Gasteiger partial charge in [0.2, 0.25) is 0 Å². The van der Waals surface area contributed by atoms with E-state index in [1.165, 1.54) is 0 Å². The van der Waals surface area contributed by atoms with Crippen LogP contribution in [0.5, 0.6) is 0 Å². The zero-order chi connectivity index (χ0) is 12.6. The van der Waals surface area contributed by atoms with E-state index in [0.717, 1.165) is 12.8 Å². The van der Waals surface area contributed by atoms with Crippen molar-refractivity contribution in [3.8, 4) is 0 Å². The van der Waals surface area contributed by atoms with E-state index in [2.05, 4.69) is 48.5 Å². The number of hydrogen-bond acceptors (Lipinski definition) is 2. The third-order valence-corrected chi connectivity index (χ3v) is 3.07. The van der Waals surface area contributed by atoms with Crippen molar-refractivity contribution in [2.45, 2.75) is 85.2 Å². The van der Waals surface area contributed by atoms with Gasteiger partial charge in [0.15, 0.2) is 0 Å². The minimum Gasteiger partial charge on any atom is -0.372 e. The monoisotopic (exact) mass is 228 g/mol. The van der Waals surface area contributed by atoms with Gasteiger partial charge in [-0.3, -0.25) is 0 Å². The standard InChI is InChI=1S/C14H28O2/c1-8-10-11(16-14(5,6)7)9-12(15-10)13(2,3)4/h10-12H,8-9H2,1-7H3/t10-,11?,12-/m1/s1. The molecule has 0 aromatic carbocycles. The largest absolute Gasteiger partial charge is 0.372 e. The van der Waals surface area contributed by atoms with Crippen molar-refractivity contribution in [1.29, 1.82) is 0 Å². The predicted octanol–water partition coefficient (Wildman–Crippen LogP) is 3.78. The smallest absolute Gasteiger partial charge is 0.0868 e.